The third-order valence-electron chi connectivity index (χ3n) is 7.87. The molecular formula is C32H39FN4O2S. The van der Waals surface area contributed by atoms with Gasteiger partial charge in [0.25, 0.3) is 10.0 Å². The first-order valence-corrected chi connectivity index (χ1v) is 15.9. The van der Waals surface area contributed by atoms with Crippen LogP contribution in [0, 0.1) is 5.95 Å². The van der Waals surface area contributed by atoms with Crippen molar-refractivity contribution in [1.29, 1.82) is 0 Å². The lowest BCUT2D eigenvalue weighted by Crippen LogP contribution is -2.30. The molecule has 2 aromatic heterocycles. The first-order chi connectivity index (χ1) is 19.5. The molecule has 0 amide bonds. The predicted molar refractivity (Wildman–Crippen MR) is 158 cm³/mol. The third-order valence-corrected chi connectivity index (χ3v) is 9.56. The quantitative estimate of drug-likeness (QED) is 0.121. The zero-order valence-corrected chi connectivity index (χ0v) is 23.8. The summed E-state index contributed by atoms with van der Waals surface area (Å²) in [6.45, 7) is 2.66. The van der Waals surface area contributed by atoms with Gasteiger partial charge in [0.1, 0.15) is 0 Å². The van der Waals surface area contributed by atoms with Gasteiger partial charge in [-0.25, -0.2) is 17.4 Å². The number of benzene rings is 2. The van der Waals surface area contributed by atoms with Crippen LogP contribution >= 0.6 is 0 Å². The van der Waals surface area contributed by atoms with Crippen molar-refractivity contribution in [2.75, 3.05) is 13.1 Å². The molecule has 2 aromatic carbocycles. The van der Waals surface area contributed by atoms with E-state index in [-0.39, 0.29) is 4.90 Å². The predicted octanol–water partition coefficient (Wildman–Crippen LogP) is 6.51. The van der Waals surface area contributed by atoms with E-state index in [1.807, 2.05) is 24.3 Å². The molecule has 8 heteroatoms. The zero-order valence-electron chi connectivity index (χ0n) is 23.0. The number of para-hydroxylation sites is 1. The molecule has 0 unspecified atom stereocenters. The molecule has 1 saturated carbocycles. The van der Waals surface area contributed by atoms with Crippen LogP contribution in [0.15, 0.2) is 84.0 Å². The molecule has 0 spiro atoms. The van der Waals surface area contributed by atoms with Gasteiger partial charge in [0.2, 0.25) is 5.95 Å². The van der Waals surface area contributed by atoms with Gasteiger partial charge < -0.3 is 5.32 Å². The Morgan fingerprint density at radius 3 is 2.38 bits per heavy atom. The molecule has 1 aliphatic carbocycles. The Kier molecular flexibility index (Phi) is 9.62. The molecule has 0 saturated heterocycles. The lowest BCUT2D eigenvalue weighted by atomic mass is 10.1. The van der Waals surface area contributed by atoms with Gasteiger partial charge in [-0.1, -0.05) is 68.1 Å². The zero-order chi connectivity index (χ0) is 27.8. The van der Waals surface area contributed by atoms with E-state index in [2.05, 4.69) is 15.2 Å². The summed E-state index contributed by atoms with van der Waals surface area (Å²) in [6, 6.07) is 20.2. The summed E-state index contributed by atoms with van der Waals surface area (Å²) in [4.78, 5) is 6.29. The SMILES string of the molecule is O=S(=O)(c1ccccc1)n1cc(CN(CCCCNC2CCCCCC2)Cc2cccnc2F)c2ccccc21. The number of fused-ring (bicyclic) bond motifs is 1. The number of unbranched alkanes of at least 4 members (excludes halogenated alkanes) is 1. The molecule has 5 rings (SSSR count). The number of nitrogens with one attached hydrogen (secondary N) is 1. The molecule has 0 aliphatic heterocycles. The lowest BCUT2D eigenvalue weighted by molar-refractivity contribution is 0.246. The second kappa shape index (κ2) is 13.5. The number of hydrogen-bond acceptors (Lipinski definition) is 5. The number of nitrogens with zero attached hydrogens (tertiary/aromatic N) is 3. The third kappa shape index (κ3) is 6.97. The van der Waals surface area contributed by atoms with E-state index in [9.17, 15) is 12.8 Å². The minimum Gasteiger partial charge on any atom is -0.314 e. The Balaban J connectivity index is 1.34. The van der Waals surface area contributed by atoms with E-state index in [1.54, 1.807) is 48.7 Å². The number of pyridine rings is 1. The molecule has 4 aromatic rings. The van der Waals surface area contributed by atoms with E-state index in [1.165, 1.54) is 48.7 Å². The van der Waals surface area contributed by atoms with Gasteiger partial charge in [0, 0.05) is 42.5 Å². The van der Waals surface area contributed by atoms with Crippen molar-refractivity contribution in [3.63, 3.8) is 0 Å². The van der Waals surface area contributed by atoms with E-state index < -0.39 is 16.0 Å². The fourth-order valence-corrected chi connectivity index (χ4v) is 7.14. The van der Waals surface area contributed by atoms with E-state index in [4.69, 9.17) is 0 Å². The topological polar surface area (TPSA) is 67.2 Å². The minimum atomic E-state index is -3.76. The molecule has 0 radical (unpaired) electrons. The van der Waals surface area contributed by atoms with Crippen LogP contribution in [0.5, 0.6) is 0 Å². The minimum absolute atomic E-state index is 0.248. The van der Waals surface area contributed by atoms with Crippen LogP contribution in [0.3, 0.4) is 0 Å². The van der Waals surface area contributed by atoms with Crippen molar-refractivity contribution in [1.82, 2.24) is 19.2 Å². The summed E-state index contributed by atoms with van der Waals surface area (Å²) in [5.41, 5.74) is 2.08. The summed E-state index contributed by atoms with van der Waals surface area (Å²) in [5, 5.41) is 4.63. The first kappa shape index (κ1) is 28.5. The van der Waals surface area contributed by atoms with Crippen LogP contribution in [0.4, 0.5) is 4.39 Å². The van der Waals surface area contributed by atoms with Gasteiger partial charge in [-0.05, 0) is 68.6 Å². The van der Waals surface area contributed by atoms with Gasteiger partial charge in [-0.2, -0.15) is 4.39 Å². The van der Waals surface area contributed by atoms with Crippen molar-refractivity contribution < 1.29 is 12.8 Å². The van der Waals surface area contributed by atoms with Crippen LogP contribution in [0.2, 0.25) is 0 Å². The highest BCUT2D eigenvalue weighted by molar-refractivity contribution is 7.90. The number of halogens is 1. The molecular weight excluding hydrogens is 523 g/mol. The van der Waals surface area contributed by atoms with Crippen molar-refractivity contribution in [2.45, 2.75) is 75.4 Å². The van der Waals surface area contributed by atoms with Crippen LogP contribution in [-0.2, 0) is 23.1 Å². The normalized spacial score (nSPS) is 15.1. The summed E-state index contributed by atoms with van der Waals surface area (Å²) >= 11 is 0. The Labute approximate surface area is 237 Å². The highest BCUT2D eigenvalue weighted by Crippen LogP contribution is 2.28. The van der Waals surface area contributed by atoms with Crippen molar-refractivity contribution >= 4 is 20.9 Å². The largest absolute Gasteiger partial charge is 0.314 e. The molecule has 1 N–H and O–H groups in total. The Morgan fingerprint density at radius 2 is 1.60 bits per heavy atom. The van der Waals surface area contributed by atoms with Gasteiger partial charge in [0.15, 0.2) is 0 Å². The summed E-state index contributed by atoms with van der Waals surface area (Å²) in [7, 11) is -3.76. The molecule has 0 bridgehead atoms. The monoisotopic (exact) mass is 562 g/mol. The van der Waals surface area contributed by atoms with Crippen molar-refractivity contribution in [2.24, 2.45) is 0 Å². The maximum atomic E-state index is 14.5. The maximum absolute atomic E-state index is 14.5. The van der Waals surface area contributed by atoms with Gasteiger partial charge in [-0.3, -0.25) is 4.90 Å². The van der Waals surface area contributed by atoms with Crippen molar-refractivity contribution in [3.8, 4) is 0 Å². The lowest BCUT2D eigenvalue weighted by Gasteiger charge is -2.23. The fourth-order valence-electron chi connectivity index (χ4n) is 5.73. The van der Waals surface area contributed by atoms with Crippen LogP contribution in [-0.4, -0.2) is 41.4 Å². The van der Waals surface area contributed by atoms with E-state index in [0.29, 0.717) is 30.2 Å². The Hall–Kier alpha value is -3.07. The van der Waals surface area contributed by atoms with Gasteiger partial charge >= 0.3 is 0 Å². The van der Waals surface area contributed by atoms with E-state index in [0.717, 1.165) is 36.9 Å². The van der Waals surface area contributed by atoms with Crippen LogP contribution < -0.4 is 5.32 Å². The fraction of sp³-hybridized carbons (Fsp3) is 0.406. The second-order valence-electron chi connectivity index (χ2n) is 10.8. The summed E-state index contributed by atoms with van der Waals surface area (Å²) in [5.74, 6) is -0.461. The standard InChI is InChI=1S/C32H39FN4O2S/c33-32-26(13-12-21-35-32)23-36(22-11-10-20-34-28-14-4-1-2-5-15-28)24-27-25-37(31-19-9-8-18-30(27)31)40(38,39)29-16-6-3-7-17-29/h3,6-9,12-13,16-19,21,25,28,34H,1-2,4-5,10-11,14-15,20,22-24H2. The van der Waals surface area contributed by atoms with Gasteiger partial charge in [-0.15, -0.1) is 0 Å². The highest BCUT2D eigenvalue weighted by Gasteiger charge is 2.22. The smallest absolute Gasteiger partial charge is 0.268 e. The molecule has 6 nitrogen and oxygen atoms in total. The van der Waals surface area contributed by atoms with Crippen molar-refractivity contribution in [3.05, 3.63) is 96.2 Å². The summed E-state index contributed by atoms with van der Waals surface area (Å²) < 4.78 is 43.0. The molecule has 1 aliphatic rings. The second-order valence-corrected chi connectivity index (χ2v) is 12.6. The van der Waals surface area contributed by atoms with Crippen LogP contribution in [0.25, 0.3) is 10.9 Å². The number of rotatable bonds is 12. The maximum Gasteiger partial charge on any atom is 0.268 e. The molecule has 0 atom stereocenters. The number of hydrogen-bond donors (Lipinski definition) is 1. The average Bonchev–Trinajstić information content (AvgIpc) is 3.14. The Morgan fingerprint density at radius 1 is 0.875 bits per heavy atom. The first-order valence-electron chi connectivity index (χ1n) is 14.5. The molecule has 1 fully saturated rings. The Bertz CT molecular complexity index is 1480. The molecule has 212 valence electrons. The molecule has 2 heterocycles. The summed E-state index contributed by atoms with van der Waals surface area (Å²) in [6.07, 6.45) is 13.0. The highest BCUT2D eigenvalue weighted by atomic mass is 32.2. The van der Waals surface area contributed by atoms with Crippen LogP contribution in [0.1, 0.15) is 62.5 Å². The van der Waals surface area contributed by atoms with E-state index >= 15 is 0 Å². The average molecular weight is 563 g/mol. The molecule has 40 heavy (non-hydrogen) atoms. The number of aromatic nitrogens is 2. The van der Waals surface area contributed by atoms with Gasteiger partial charge in [0.05, 0.1) is 10.4 Å².